The van der Waals surface area contributed by atoms with Crippen LogP contribution < -0.4 is 0 Å². The van der Waals surface area contributed by atoms with Crippen LogP contribution in [-0.2, 0) is 0 Å². The van der Waals surface area contributed by atoms with Crippen LogP contribution in [0.25, 0.3) is 11.1 Å². The van der Waals surface area contributed by atoms with Gasteiger partial charge in [-0.3, -0.25) is 0 Å². The fraction of sp³-hybridized carbons (Fsp3) is 0. The minimum absolute atomic E-state index is 0.779. The number of hydrogen-bond donors (Lipinski definition) is 0. The summed E-state index contributed by atoms with van der Waals surface area (Å²) in [4.78, 5) is 0. The van der Waals surface area contributed by atoms with Gasteiger partial charge in [-0.05, 0) is 58.0 Å². The molecule has 0 atom stereocenters. The van der Waals surface area contributed by atoms with Crippen molar-refractivity contribution >= 4 is 34.2 Å². The molecule has 0 amide bonds. The highest BCUT2D eigenvalue weighted by Crippen LogP contribution is 2.23. The Morgan fingerprint density at radius 1 is 0.857 bits per heavy atom. The second-order valence-corrected chi connectivity index (χ2v) is 4.70. The van der Waals surface area contributed by atoms with E-state index in [0.29, 0.717) is 0 Å². The van der Waals surface area contributed by atoms with Gasteiger partial charge in [-0.25, -0.2) is 0 Å². The monoisotopic (exact) mass is 314 g/mol. The van der Waals surface area contributed by atoms with Crippen LogP contribution in [0.15, 0.2) is 48.5 Å². The van der Waals surface area contributed by atoms with Gasteiger partial charge in [-0.2, -0.15) is 0 Å². The molecule has 0 nitrogen and oxygen atoms in total. The predicted molar refractivity (Wildman–Crippen MR) is 69.6 cm³/mol. The Kier molecular flexibility index (Phi) is 3.08. The van der Waals surface area contributed by atoms with Crippen molar-refractivity contribution in [1.29, 1.82) is 0 Å². The molecule has 0 aromatic heterocycles. The summed E-state index contributed by atoms with van der Waals surface area (Å²) in [5.74, 6) is 0. The van der Waals surface area contributed by atoms with Gasteiger partial charge in [0, 0.05) is 8.59 Å². The van der Waals surface area contributed by atoms with Crippen LogP contribution in [-0.4, -0.2) is 0 Å². The molecular weight excluding hydrogens is 306 g/mol. The lowest BCUT2D eigenvalue weighted by atomic mass is 10.1. The molecule has 14 heavy (non-hydrogen) atoms. The van der Waals surface area contributed by atoms with Crippen molar-refractivity contribution in [2.24, 2.45) is 0 Å². The van der Waals surface area contributed by atoms with E-state index < -0.39 is 0 Å². The van der Waals surface area contributed by atoms with Gasteiger partial charge < -0.3 is 0 Å². The van der Waals surface area contributed by atoms with Crippen molar-refractivity contribution < 1.29 is 0 Å². The van der Waals surface area contributed by atoms with Gasteiger partial charge >= 0.3 is 0 Å². The van der Waals surface area contributed by atoms with Gasteiger partial charge in [0.1, 0.15) is 0 Å². The molecule has 0 saturated heterocycles. The third kappa shape index (κ3) is 2.28. The zero-order valence-corrected chi connectivity index (χ0v) is 10.3. The molecule has 0 N–H and O–H groups in total. The summed E-state index contributed by atoms with van der Waals surface area (Å²) in [6, 6.07) is 16.3. The fourth-order valence-electron chi connectivity index (χ4n) is 1.34. The lowest BCUT2D eigenvalue weighted by Crippen LogP contribution is -1.78. The first kappa shape index (κ1) is 9.99. The van der Waals surface area contributed by atoms with Gasteiger partial charge in [0.05, 0.1) is 0 Å². The van der Waals surface area contributed by atoms with Crippen molar-refractivity contribution in [2.45, 2.75) is 0 Å². The highest BCUT2D eigenvalue weighted by atomic mass is 127. The van der Waals surface area contributed by atoms with Crippen LogP contribution in [0.1, 0.15) is 0 Å². The molecule has 0 aliphatic rings. The molecule has 0 aliphatic heterocycles. The summed E-state index contributed by atoms with van der Waals surface area (Å²) < 4.78 is 1.24. The minimum atomic E-state index is 0.779. The maximum atomic E-state index is 5.93. The lowest BCUT2D eigenvalue weighted by Gasteiger charge is -2.02. The molecule has 70 valence electrons. The molecule has 0 unspecified atom stereocenters. The summed E-state index contributed by atoms with van der Waals surface area (Å²) in [7, 11) is 0. The van der Waals surface area contributed by atoms with E-state index in [9.17, 15) is 0 Å². The number of benzene rings is 2. The van der Waals surface area contributed by atoms with E-state index in [0.717, 1.165) is 10.6 Å². The van der Waals surface area contributed by atoms with Crippen molar-refractivity contribution in [3.63, 3.8) is 0 Å². The summed E-state index contributed by atoms with van der Waals surface area (Å²) in [6.07, 6.45) is 0. The molecule has 2 aromatic carbocycles. The summed E-state index contributed by atoms with van der Waals surface area (Å²) >= 11 is 8.24. The van der Waals surface area contributed by atoms with Crippen LogP contribution >= 0.6 is 34.2 Å². The lowest BCUT2D eigenvalue weighted by molar-refractivity contribution is 1.59. The zero-order chi connectivity index (χ0) is 9.97. The maximum Gasteiger partial charge on any atom is 0.0412 e. The van der Waals surface area contributed by atoms with Crippen molar-refractivity contribution in [1.82, 2.24) is 0 Å². The Hall–Kier alpha value is -0.540. The second-order valence-electron chi connectivity index (χ2n) is 3.02. The zero-order valence-electron chi connectivity index (χ0n) is 7.37. The molecule has 2 aromatic rings. The second kappa shape index (κ2) is 4.32. The molecule has 0 radical (unpaired) electrons. The quantitative estimate of drug-likeness (QED) is 0.674. The molecule has 2 rings (SSSR count). The Bertz CT molecular complexity index is 408. The highest BCUT2D eigenvalue weighted by Gasteiger charge is 1.98. The SMILES string of the molecule is Clc1cccc(-c2cccc(I)c2)c1. The first-order chi connectivity index (χ1) is 6.75. The van der Waals surface area contributed by atoms with E-state index in [-0.39, 0.29) is 0 Å². The summed E-state index contributed by atoms with van der Waals surface area (Å²) in [5, 5.41) is 0.779. The van der Waals surface area contributed by atoms with Gasteiger partial charge in [0.25, 0.3) is 0 Å². The molecule has 0 spiro atoms. The first-order valence-electron chi connectivity index (χ1n) is 4.27. The highest BCUT2D eigenvalue weighted by molar-refractivity contribution is 14.1. The van der Waals surface area contributed by atoms with E-state index in [4.69, 9.17) is 11.6 Å². The molecular formula is C12H8ClI. The van der Waals surface area contributed by atoms with E-state index in [1.54, 1.807) is 0 Å². The van der Waals surface area contributed by atoms with Gasteiger partial charge in [0.15, 0.2) is 0 Å². The molecule has 2 heteroatoms. The average Bonchev–Trinajstić information content (AvgIpc) is 2.18. The standard InChI is InChI=1S/C12H8ClI/c13-11-5-1-3-9(7-11)10-4-2-6-12(14)8-10/h1-8H. The van der Waals surface area contributed by atoms with Gasteiger partial charge in [-0.1, -0.05) is 35.9 Å². The van der Waals surface area contributed by atoms with Crippen LogP contribution in [0.2, 0.25) is 5.02 Å². The maximum absolute atomic E-state index is 5.93. The molecule has 0 saturated carbocycles. The Labute approximate surface area is 102 Å². The summed E-state index contributed by atoms with van der Waals surface area (Å²) in [6.45, 7) is 0. The summed E-state index contributed by atoms with van der Waals surface area (Å²) in [5.41, 5.74) is 2.37. The normalized spacial score (nSPS) is 10.1. The minimum Gasteiger partial charge on any atom is -0.0843 e. The third-order valence-electron chi connectivity index (χ3n) is 1.98. The van der Waals surface area contributed by atoms with Crippen LogP contribution in [0.3, 0.4) is 0 Å². The molecule has 0 bridgehead atoms. The molecule has 0 heterocycles. The van der Waals surface area contributed by atoms with Crippen LogP contribution in [0.4, 0.5) is 0 Å². The topological polar surface area (TPSA) is 0 Å². The van der Waals surface area contributed by atoms with Crippen LogP contribution in [0.5, 0.6) is 0 Å². The number of halogens is 2. The van der Waals surface area contributed by atoms with Crippen molar-refractivity contribution in [2.75, 3.05) is 0 Å². The van der Waals surface area contributed by atoms with E-state index >= 15 is 0 Å². The molecule has 0 aliphatic carbocycles. The predicted octanol–water partition coefficient (Wildman–Crippen LogP) is 4.61. The smallest absolute Gasteiger partial charge is 0.0412 e. The fourth-order valence-corrected chi connectivity index (χ4v) is 2.07. The van der Waals surface area contributed by atoms with E-state index in [2.05, 4.69) is 52.9 Å². The van der Waals surface area contributed by atoms with E-state index in [1.807, 2.05) is 18.2 Å². The Morgan fingerprint density at radius 2 is 1.50 bits per heavy atom. The van der Waals surface area contributed by atoms with Gasteiger partial charge in [-0.15, -0.1) is 0 Å². The van der Waals surface area contributed by atoms with Crippen LogP contribution in [0, 0.1) is 3.57 Å². The van der Waals surface area contributed by atoms with Gasteiger partial charge in [0.2, 0.25) is 0 Å². The number of hydrogen-bond acceptors (Lipinski definition) is 0. The van der Waals surface area contributed by atoms with Crippen molar-refractivity contribution in [3.05, 3.63) is 57.1 Å². The Morgan fingerprint density at radius 3 is 2.14 bits per heavy atom. The van der Waals surface area contributed by atoms with Crippen molar-refractivity contribution in [3.8, 4) is 11.1 Å². The van der Waals surface area contributed by atoms with E-state index in [1.165, 1.54) is 9.13 Å². The number of rotatable bonds is 1. The first-order valence-corrected chi connectivity index (χ1v) is 5.73. The molecule has 0 fully saturated rings. The average molecular weight is 315 g/mol. The Balaban J connectivity index is 2.49. The third-order valence-corrected chi connectivity index (χ3v) is 2.89. The largest absolute Gasteiger partial charge is 0.0843 e.